The van der Waals surface area contributed by atoms with Crippen LogP contribution in [-0.4, -0.2) is 43.4 Å². The van der Waals surface area contributed by atoms with Crippen molar-refractivity contribution in [2.45, 2.75) is 25.8 Å². The minimum atomic E-state index is -2.99. The number of hydrogen-bond acceptors (Lipinski definition) is 5. The number of sulfone groups is 1. The van der Waals surface area contributed by atoms with Crippen molar-refractivity contribution in [2.24, 2.45) is 0 Å². The molecule has 110 valence electrons. The first kappa shape index (κ1) is 14.8. The van der Waals surface area contributed by atoms with Crippen molar-refractivity contribution in [3.8, 4) is 0 Å². The highest BCUT2D eigenvalue weighted by Crippen LogP contribution is 2.12. The fourth-order valence-corrected chi connectivity index (χ4v) is 3.75. The molecule has 1 fully saturated rings. The molecule has 1 aliphatic rings. The summed E-state index contributed by atoms with van der Waals surface area (Å²) in [6, 6.07) is 4.87. The van der Waals surface area contributed by atoms with Crippen LogP contribution in [0.15, 0.2) is 18.2 Å². The van der Waals surface area contributed by atoms with E-state index in [1.54, 1.807) is 18.2 Å². The second-order valence-corrected chi connectivity index (χ2v) is 7.14. The Kier molecular flexibility index (Phi) is 4.59. The van der Waals surface area contributed by atoms with Crippen LogP contribution < -0.4 is 10.6 Å². The summed E-state index contributed by atoms with van der Waals surface area (Å²) in [4.78, 5) is 16.3. The van der Waals surface area contributed by atoms with E-state index in [-0.39, 0.29) is 23.5 Å². The summed E-state index contributed by atoms with van der Waals surface area (Å²) in [7, 11) is -2.99. The van der Waals surface area contributed by atoms with Gasteiger partial charge in [0.15, 0.2) is 9.84 Å². The number of anilines is 1. The fraction of sp³-hybridized carbons (Fsp3) is 0.538. The third-order valence-corrected chi connectivity index (χ3v) is 4.87. The summed E-state index contributed by atoms with van der Waals surface area (Å²) < 4.78 is 22.7. The van der Waals surface area contributed by atoms with Gasteiger partial charge in [0, 0.05) is 12.6 Å². The number of nitrogens with one attached hydrogen (secondary N) is 2. The molecule has 2 rings (SSSR count). The summed E-state index contributed by atoms with van der Waals surface area (Å²) in [6.07, 6.45) is 1.44. The number of amides is 1. The van der Waals surface area contributed by atoms with Gasteiger partial charge in [0.05, 0.1) is 11.5 Å². The lowest BCUT2D eigenvalue weighted by Gasteiger charge is -2.11. The van der Waals surface area contributed by atoms with Crippen LogP contribution in [0.3, 0.4) is 0 Å². The van der Waals surface area contributed by atoms with E-state index < -0.39 is 9.84 Å². The number of carbonyl (C=O) groups is 1. The molecule has 7 heteroatoms. The van der Waals surface area contributed by atoms with Crippen LogP contribution in [0.5, 0.6) is 0 Å². The maximum atomic E-state index is 12.0. The van der Waals surface area contributed by atoms with E-state index in [9.17, 15) is 13.2 Å². The predicted octanol–water partition coefficient (Wildman–Crippen LogP) is 0.820. The Labute approximate surface area is 118 Å². The third kappa shape index (κ3) is 3.93. The molecule has 1 saturated heterocycles. The standard InChI is InChI=1S/C13H19N3O3S/c1-2-7-14-12-5-3-4-11(16-12)13(17)15-10-6-8-20(18,19)9-10/h3-5,10H,2,6-9H2,1H3,(H,14,16)(H,15,17). The molecule has 0 radical (unpaired) electrons. The number of rotatable bonds is 5. The predicted molar refractivity (Wildman–Crippen MR) is 77.5 cm³/mol. The normalized spacial score (nSPS) is 20.6. The number of nitrogens with zero attached hydrogens (tertiary/aromatic N) is 1. The highest BCUT2D eigenvalue weighted by Gasteiger charge is 2.29. The molecular weight excluding hydrogens is 278 g/mol. The van der Waals surface area contributed by atoms with E-state index in [2.05, 4.69) is 15.6 Å². The van der Waals surface area contributed by atoms with Gasteiger partial charge < -0.3 is 10.6 Å². The molecule has 1 amide bonds. The van der Waals surface area contributed by atoms with Crippen LogP contribution in [0.1, 0.15) is 30.3 Å². The fourth-order valence-electron chi connectivity index (χ4n) is 2.08. The van der Waals surface area contributed by atoms with E-state index in [1.807, 2.05) is 6.92 Å². The molecule has 1 atom stereocenters. The van der Waals surface area contributed by atoms with Crippen LogP contribution in [0.4, 0.5) is 5.82 Å². The van der Waals surface area contributed by atoms with E-state index in [0.717, 1.165) is 13.0 Å². The number of aromatic nitrogens is 1. The maximum absolute atomic E-state index is 12.0. The lowest BCUT2D eigenvalue weighted by atomic mass is 10.2. The van der Waals surface area contributed by atoms with E-state index >= 15 is 0 Å². The Morgan fingerprint density at radius 3 is 2.90 bits per heavy atom. The van der Waals surface area contributed by atoms with Gasteiger partial charge >= 0.3 is 0 Å². The molecule has 2 N–H and O–H groups in total. The zero-order chi connectivity index (χ0) is 14.6. The average molecular weight is 297 g/mol. The minimum absolute atomic E-state index is 0.0204. The molecule has 1 aromatic heterocycles. The topological polar surface area (TPSA) is 88.2 Å². The van der Waals surface area contributed by atoms with Crippen LogP contribution in [0.25, 0.3) is 0 Å². The summed E-state index contributed by atoms with van der Waals surface area (Å²) in [5.74, 6) is 0.487. The first-order chi connectivity index (χ1) is 9.50. The van der Waals surface area contributed by atoms with E-state index in [0.29, 0.717) is 17.9 Å². The van der Waals surface area contributed by atoms with Crippen molar-refractivity contribution in [1.29, 1.82) is 0 Å². The Morgan fingerprint density at radius 1 is 1.45 bits per heavy atom. The molecule has 1 aromatic rings. The molecule has 0 saturated carbocycles. The molecule has 20 heavy (non-hydrogen) atoms. The third-order valence-electron chi connectivity index (χ3n) is 3.11. The monoisotopic (exact) mass is 297 g/mol. The Morgan fingerprint density at radius 2 is 2.25 bits per heavy atom. The molecule has 6 nitrogen and oxygen atoms in total. The van der Waals surface area contributed by atoms with Gasteiger partial charge in [0.1, 0.15) is 11.5 Å². The van der Waals surface area contributed by atoms with Gasteiger partial charge in [-0.1, -0.05) is 13.0 Å². The smallest absolute Gasteiger partial charge is 0.270 e. The van der Waals surface area contributed by atoms with Gasteiger partial charge in [0.25, 0.3) is 5.91 Å². The molecule has 0 spiro atoms. The Bertz CT molecular complexity index is 586. The highest BCUT2D eigenvalue weighted by atomic mass is 32.2. The Hall–Kier alpha value is -1.63. The van der Waals surface area contributed by atoms with Gasteiger partial charge in [-0.15, -0.1) is 0 Å². The number of pyridine rings is 1. The number of hydrogen-bond donors (Lipinski definition) is 2. The highest BCUT2D eigenvalue weighted by molar-refractivity contribution is 7.91. The second-order valence-electron chi connectivity index (χ2n) is 4.91. The first-order valence-electron chi connectivity index (χ1n) is 6.72. The van der Waals surface area contributed by atoms with Crippen LogP contribution >= 0.6 is 0 Å². The average Bonchev–Trinajstić information content (AvgIpc) is 2.76. The van der Waals surface area contributed by atoms with Crippen LogP contribution in [0.2, 0.25) is 0 Å². The summed E-state index contributed by atoms with van der Waals surface area (Å²) in [6.45, 7) is 2.84. The molecule has 2 heterocycles. The van der Waals surface area contributed by atoms with Crippen LogP contribution in [-0.2, 0) is 9.84 Å². The molecule has 1 unspecified atom stereocenters. The van der Waals surface area contributed by atoms with Crippen molar-refractivity contribution in [3.63, 3.8) is 0 Å². The lowest BCUT2D eigenvalue weighted by Crippen LogP contribution is -2.36. The van der Waals surface area contributed by atoms with Gasteiger partial charge in [-0.25, -0.2) is 13.4 Å². The summed E-state index contributed by atoms with van der Waals surface area (Å²) in [5, 5.41) is 5.84. The van der Waals surface area contributed by atoms with E-state index in [4.69, 9.17) is 0 Å². The van der Waals surface area contributed by atoms with Crippen LogP contribution in [0, 0.1) is 0 Å². The lowest BCUT2D eigenvalue weighted by molar-refractivity contribution is 0.0936. The quantitative estimate of drug-likeness (QED) is 0.840. The van der Waals surface area contributed by atoms with Crippen molar-refractivity contribution < 1.29 is 13.2 Å². The van der Waals surface area contributed by atoms with Gasteiger partial charge in [0.2, 0.25) is 0 Å². The van der Waals surface area contributed by atoms with Crippen molar-refractivity contribution in [1.82, 2.24) is 10.3 Å². The second kappa shape index (κ2) is 6.21. The molecule has 0 aromatic carbocycles. The van der Waals surface area contributed by atoms with E-state index in [1.165, 1.54) is 0 Å². The summed E-state index contributed by atoms with van der Waals surface area (Å²) in [5.41, 5.74) is 0.301. The molecule has 0 bridgehead atoms. The van der Waals surface area contributed by atoms with Crippen molar-refractivity contribution in [2.75, 3.05) is 23.4 Å². The Balaban J connectivity index is 1.99. The molecule has 0 aliphatic carbocycles. The maximum Gasteiger partial charge on any atom is 0.270 e. The van der Waals surface area contributed by atoms with Gasteiger partial charge in [-0.3, -0.25) is 4.79 Å². The zero-order valence-electron chi connectivity index (χ0n) is 11.4. The SMILES string of the molecule is CCCNc1cccc(C(=O)NC2CCS(=O)(=O)C2)n1. The van der Waals surface area contributed by atoms with Gasteiger partial charge in [-0.2, -0.15) is 0 Å². The summed E-state index contributed by atoms with van der Waals surface area (Å²) >= 11 is 0. The van der Waals surface area contributed by atoms with Gasteiger partial charge in [-0.05, 0) is 25.0 Å². The minimum Gasteiger partial charge on any atom is -0.370 e. The largest absolute Gasteiger partial charge is 0.370 e. The first-order valence-corrected chi connectivity index (χ1v) is 8.54. The zero-order valence-corrected chi connectivity index (χ0v) is 12.2. The molecule has 1 aliphatic heterocycles. The molecular formula is C13H19N3O3S. The van der Waals surface area contributed by atoms with Crippen molar-refractivity contribution in [3.05, 3.63) is 23.9 Å². The number of carbonyl (C=O) groups excluding carboxylic acids is 1. The van der Waals surface area contributed by atoms with Crippen molar-refractivity contribution >= 4 is 21.6 Å².